The summed E-state index contributed by atoms with van der Waals surface area (Å²) in [4.78, 5) is 11.8. The second kappa shape index (κ2) is 4.76. The van der Waals surface area contributed by atoms with Crippen molar-refractivity contribution in [3.8, 4) is 0 Å². The van der Waals surface area contributed by atoms with Crippen molar-refractivity contribution in [1.82, 2.24) is 9.78 Å². The van der Waals surface area contributed by atoms with Gasteiger partial charge in [-0.1, -0.05) is 6.07 Å². The molecule has 2 heterocycles. The second-order valence-electron chi connectivity index (χ2n) is 3.25. The van der Waals surface area contributed by atoms with Crippen LogP contribution in [0.4, 0.5) is 0 Å². The molecular formula is C11H11N3OS. The minimum Gasteiger partial charge on any atom is -0.368 e. The molecule has 0 aliphatic rings. The Morgan fingerprint density at radius 3 is 3.06 bits per heavy atom. The minimum atomic E-state index is -0.392. The van der Waals surface area contributed by atoms with Crippen molar-refractivity contribution in [3.05, 3.63) is 40.3 Å². The molecule has 2 N–H and O–H groups in total. The van der Waals surface area contributed by atoms with Crippen molar-refractivity contribution in [1.29, 1.82) is 0 Å². The van der Waals surface area contributed by atoms with Gasteiger partial charge in [0.25, 0.3) is 0 Å². The van der Waals surface area contributed by atoms with E-state index in [1.807, 2.05) is 35.7 Å². The highest BCUT2D eigenvalue weighted by molar-refractivity contribution is 7.10. The Morgan fingerprint density at radius 2 is 2.38 bits per heavy atom. The molecule has 0 unspecified atom stereocenters. The first-order valence-corrected chi connectivity index (χ1v) is 5.65. The van der Waals surface area contributed by atoms with Crippen molar-refractivity contribution in [3.63, 3.8) is 0 Å². The number of primary amides is 1. The molecule has 0 radical (unpaired) electrons. The number of carbonyl (C=O) groups excluding carboxylic acids is 1. The largest absolute Gasteiger partial charge is 0.368 e. The summed E-state index contributed by atoms with van der Waals surface area (Å²) in [6, 6.07) is 5.87. The zero-order valence-corrected chi connectivity index (χ0v) is 9.35. The van der Waals surface area contributed by atoms with Crippen molar-refractivity contribution in [2.24, 2.45) is 5.73 Å². The lowest BCUT2D eigenvalue weighted by Crippen LogP contribution is -2.18. The minimum absolute atomic E-state index is 0.118. The summed E-state index contributed by atoms with van der Waals surface area (Å²) >= 11 is 1.66. The van der Waals surface area contributed by atoms with Crippen molar-refractivity contribution in [2.75, 3.05) is 0 Å². The highest BCUT2D eigenvalue weighted by Gasteiger charge is 1.98. The van der Waals surface area contributed by atoms with Gasteiger partial charge in [0.2, 0.25) is 5.91 Å². The van der Waals surface area contributed by atoms with E-state index in [1.165, 1.54) is 9.56 Å². The molecular weight excluding hydrogens is 222 g/mol. The van der Waals surface area contributed by atoms with E-state index in [9.17, 15) is 4.79 Å². The number of rotatable bonds is 4. The summed E-state index contributed by atoms with van der Waals surface area (Å²) in [7, 11) is 0. The maximum Gasteiger partial charge on any atom is 0.239 e. The Hall–Kier alpha value is -1.88. The normalized spacial score (nSPS) is 11.0. The van der Waals surface area contributed by atoms with Crippen LogP contribution in [0.2, 0.25) is 0 Å². The Labute approximate surface area is 97.0 Å². The fraction of sp³-hybridized carbons (Fsp3) is 0.0909. The quantitative estimate of drug-likeness (QED) is 0.872. The number of carbonyl (C=O) groups is 1. The molecule has 82 valence electrons. The lowest BCUT2D eigenvalue weighted by Gasteiger charge is -1.93. The Bertz CT molecular complexity index is 499. The average Bonchev–Trinajstić information content (AvgIpc) is 2.84. The molecule has 0 aliphatic carbocycles. The van der Waals surface area contributed by atoms with Crippen molar-refractivity contribution >= 4 is 29.4 Å². The van der Waals surface area contributed by atoms with E-state index in [-0.39, 0.29) is 6.54 Å². The van der Waals surface area contributed by atoms with Gasteiger partial charge in [-0.2, -0.15) is 5.10 Å². The highest BCUT2D eigenvalue weighted by atomic mass is 32.1. The van der Waals surface area contributed by atoms with Gasteiger partial charge in [0.05, 0.1) is 5.69 Å². The van der Waals surface area contributed by atoms with E-state index in [1.54, 1.807) is 17.5 Å². The van der Waals surface area contributed by atoms with Gasteiger partial charge in [-0.25, -0.2) is 0 Å². The number of hydrogen-bond donors (Lipinski definition) is 1. The molecule has 4 nitrogen and oxygen atoms in total. The number of thiophene rings is 1. The monoisotopic (exact) mass is 233 g/mol. The molecule has 0 bridgehead atoms. The van der Waals surface area contributed by atoms with Crippen LogP contribution in [-0.2, 0) is 11.3 Å². The summed E-state index contributed by atoms with van der Waals surface area (Å²) in [6.45, 7) is 0.118. The summed E-state index contributed by atoms with van der Waals surface area (Å²) < 4.78 is 1.52. The molecule has 0 atom stereocenters. The fourth-order valence-corrected chi connectivity index (χ4v) is 1.89. The Morgan fingerprint density at radius 1 is 1.50 bits per heavy atom. The third-order valence-electron chi connectivity index (χ3n) is 1.94. The maximum atomic E-state index is 10.7. The van der Waals surface area contributed by atoms with Gasteiger partial charge in [0.1, 0.15) is 6.54 Å². The molecule has 5 heteroatoms. The van der Waals surface area contributed by atoms with Crippen LogP contribution in [0.1, 0.15) is 10.6 Å². The predicted molar refractivity (Wildman–Crippen MR) is 64.7 cm³/mol. The smallest absolute Gasteiger partial charge is 0.239 e. The van der Waals surface area contributed by atoms with Crippen LogP contribution in [0.15, 0.2) is 29.8 Å². The van der Waals surface area contributed by atoms with E-state index in [2.05, 4.69) is 5.10 Å². The standard InChI is InChI=1S/C11H11N3OS/c12-11(15)8-14-6-5-9(13-14)3-4-10-2-1-7-16-10/h1-7H,8H2,(H2,12,15). The van der Waals surface area contributed by atoms with E-state index in [0.717, 1.165) is 5.69 Å². The summed E-state index contributed by atoms with van der Waals surface area (Å²) in [5, 5.41) is 6.20. The fourth-order valence-electron chi connectivity index (χ4n) is 1.27. The molecule has 0 saturated heterocycles. The second-order valence-corrected chi connectivity index (χ2v) is 4.23. The van der Waals surface area contributed by atoms with Crippen LogP contribution in [0, 0.1) is 0 Å². The Kier molecular flexibility index (Phi) is 3.16. The van der Waals surface area contributed by atoms with Crippen LogP contribution >= 0.6 is 11.3 Å². The SMILES string of the molecule is NC(=O)Cn1ccc(C=Cc2cccs2)n1. The van der Waals surface area contributed by atoms with Gasteiger partial charge in [0, 0.05) is 11.1 Å². The van der Waals surface area contributed by atoms with Gasteiger partial charge in [-0.15, -0.1) is 11.3 Å². The molecule has 0 aromatic carbocycles. The number of nitrogens with zero attached hydrogens (tertiary/aromatic N) is 2. The lowest BCUT2D eigenvalue weighted by atomic mass is 10.3. The molecule has 2 aromatic rings. The van der Waals surface area contributed by atoms with Gasteiger partial charge in [-0.05, 0) is 29.7 Å². The van der Waals surface area contributed by atoms with Crippen LogP contribution in [0.3, 0.4) is 0 Å². The first kappa shape index (κ1) is 10.6. The van der Waals surface area contributed by atoms with Gasteiger partial charge in [0.15, 0.2) is 0 Å². The molecule has 0 aliphatic heterocycles. The van der Waals surface area contributed by atoms with Crippen LogP contribution < -0.4 is 5.73 Å². The first-order valence-electron chi connectivity index (χ1n) is 4.77. The zero-order valence-electron chi connectivity index (χ0n) is 8.54. The van der Waals surface area contributed by atoms with E-state index in [4.69, 9.17) is 5.73 Å². The van der Waals surface area contributed by atoms with Crippen LogP contribution in [-0.4, -0.2) is 15.7 Å². The lowest BCUT2D eigenvalue weighted by molar-refractivity contribution is -0.118. The highest BCUT2D eigenvalue weighted by Crippen LogP contribution is 2.12. The number of nitrogens with two attached hydrogens (primary N) is 1. The molecule has 1 amide bonds. The molecule has 0 spiro atoms. The average molecular weight is 233 g/mol. The van der Waals surface area contributed by atoms with Crippen molar-refractivity contribution in [2.45, 2.75) is 6.54 Å². The third kappa shape index (κ3) is 2.80. The molecule has 0 saturated carbocycles. The predicted octanol–water partition coefficient (Wildman–Crippen LogP) is 1.60. The Balaban J connectivity index is 2.05. The van der Waals surface area contributed by atoms with E-state index < -0.39 is 5.91 Å². The number of hydrogen-bond acceptors (Lipinski definition) is 3. The summed E-state index contributed by atoms with van der Waals surface area (Å²) in [5.41, 5.74) is 5.88. The van der Waals surface area contributed by atoms with Crippen LogP contribution in [0.5, 0.6) is 0 Å². The van der Waals surface area contributed by atoms with Crippen molar-refractivity contribution < 1.29 is 4.79 Å². The van der Waals surface area contributed by atoms with E-state index >= 15 is 0 Å². The molecule has 2 rings (SSSR count). The first-order chi connectivity index (χ1) is 7.74. The van der Waals surface area contributed by atoms with Gasteiger partial charge >= 0.3 is 0 Å². The maximum absolute atomic E-state index is 10.7. The summed E-state index contributed by atoms with van der Waals surface area (Å²) in [6.07, 6.45) is 5.63. The number of aromatic nitrogens is 2. The summed E-state index contributed by atoms with van der Waals surface area (Å²) in [5.74, 6) is -0.392. The molecule has 2 aromatic heterocycles. The molecule has 16 heavy (non-hydrogen) atoms. The van der Waals surface area contributed by atoms with Gasteiger partial charge in [-0.3, -0.25) is 9.48 Å². The topological polar surface area (TPSA) is 60.9 Å². The third-order valence-corrected chi connectivity index (χ3v) is 2.78. The van der Waals surface area contributed by atoms with E-state index in [0.29, 0.717) is 0 Å². The van der Waals surface area contributed by atoms with Gasteiger partial charge < -0.3 is 5.73 Å². The zero-order chi connectivity index (χ0) is 11.4. The van der Waals surface area contributed by atoms with Crippen LogP contribution in [0.25, 0.3) is 12.2 Å². The molecule has 0 fully saturated rings. The number of amides is 1.